The van der Waals surface area contributed by atoms with Crippen LogP contribution in [-0.4, -0.2) is 33.2 Å². The molecule has 0 aliphatic carbocycles. The normalized spacial score (nSPS) is 14.7. The molecule has 0 saturated carbocycles. The zero-order valence-corrected chi connectivity index (χ0v) is 14.6. The molecule has 128 valence electrons. The Morgan fingerprint density at radius 3 is 2.60 bits per heavy atom. The van der Waals surface area contributed by atoms with Gasteiger partial charge < -0.3 is 5.32 Å². The molecule has 0 unspecified atom stereocenters. The van der Waals surface area contributed by atoms with Gasteiger partial charge in [0.15, 0.2) is 5.69 Å². The van der Waals surface area contributed by atoms with Crippen molar-refractivity contribution >= 4 is 23.0 Å². The molecule has 1 fully saturated rings. The first-order valence-electron chi connectivity index (χ1n) is 8.37. The van der Waals surface area contributed by atoms with Gasteiger partial charge in [-0.25, -0.2) is 0 Å². The summed E-state index contributed by atoms with van der Waals surface area (Å²) in [5, 5.41) is 13.1. The maximum absolute atomic E-state index is 12.2. The van der Waals surface area contributed by atoms with Crippen LogP contribution >= 0.6 is 11.3 Å². The number of aromatic amines is 1. The molecular weight excluding hydrogens is 334 g/mol. The van der Waals surface area contributed by atoms with Crippen molar-refractivity contribution in [3.8, 4) is 10.6 Å². The van der Waals surface area contributed by atoms with Crippen molar-refractivity contribution in [2.75, 3.05) is 18.4 Å². The molecule has 1 aliphatic heterocycles. The summed E-state index contributed by atoms with van der Waals surface area (Å²) < 4.78 is 0. The number of thiophene rings is 1. The number of H-pyrrole nitrogens is 1. The Bertz CT molecular complexity index is 883. The molecule has 1 aromatic carbocycles. The van der Waals surface area contributed by atoms with Crippen molar-refractivity contribution < 1.29 is 0 Å². The highest BCUT2D eigenvalue weighted by atomic mass is 32.1. The van der Waals surface area contributed by atoms with Gasteiger partial charge in [0, 0.05) is 12.2 Å². The Hall–Kier alpha value is -2.51. The summed E-state index contributed by atoms with van der Waals surface area (Å²) in [6.07, 6.45) is 2.60. The monoisotopic (exact) mass is 353 g/mol. The first-order valence-corrected chi connectivity index (χ1v) is 9.25. The van der Waals surface area contributed by atoms with Crippen LogP contribution in [-0.2, 0) is 6.54 Å². The SMILES string of the molecule is O=c1[nH]c(Nc2ccc(CN3CCCC3)cc2)nnc1-c1cccs1. The lowest BCUT2D eigenvalue weighted by Gasteiger charge is -2.14. The molecule has 0 amide bonds. The van der Waals surface area contributed by atoms with Crippen molar-refractivity contribution in [1.29, 1.82) is 0 Å². The average molecular weight is 353 g/mol. The van der Waals surface area contributed by atoms with E-state index >= 15 is 0 Å². The second-order valence-electron chi connectivity index (χ2n) is 6.13. The van der Waals surface area contributed by atoms with E-state index in [1.807, 2.05) is 29.6 Å². The average Bonchev–Trinajstić information content (AvgIpc) is 3.31. The first kappa shape index (κ1) is 16.0. The largest absolute Gasteiger partial charge is 0.324 e. The summed E-state index contributed by atoms with van der Waals surface area (Å²) in [7, 11) is 0. The van der Waals surface area contributed by atoms with Gasteiger partial charge in [0.1, 0.15) is 0 Å². The van der Waals surface area contributed by atoms with Crippen molar-refractivity contribution in [3.63, 3.8) is 0 Å². The van der Waals surface area contributed by atoms with Crippen molar-refractivity contribution in [1.82, 2.24) is 20.1 Å². The lowest BCUT2D eigenvalue weighted by atomic mass is 10.2. The highest BCUT2D eigenvalue weighted by molar-refractivity contribution is 7.13. The molecule has 1 saturated heterocycles. The fourth-order valence-corrected chi connectivity index (χ4v) is 3.70. The third kappa shape index (κ3) is 3.78. The first-order chi connectivity index (χ1) is 12.3. The van der Waals surface area contributed by atoms with E-state index in [-0.39, 0.29) is 5.56 Å². The summed E-state index contributed by atoms with van der Waals surface area (Å²) in [5.74, 6) is 0.345. The lowest BCUT2D eigenvalue weighted by molar-refractivity contribution is 0.331. The fraction of sp³-hybridized carbons (Fsp3) is 0.278. The summed E-state index contributed by atoms with van der Waals surface area (Å²) in [6.45, 7) is 3.37. The number of nitrogens with one attached hydrogen (secondary N) is 2. The van der Waals surface area contributed by atoms with Gasteiger partial charge in [-0.3, -0.25) is 14.7 Å². The van der Waals surface area contributed by atoms with Gasteiger partial charge in [-0.05, 0) is 55.1 Å². The van der Waals surface area contributed by atoms with Crippen LogP contribution in [0.2, 0.25) is 0 Å². The van der Waals surface area contributed by atoms with Gasteiger partial charge in [0.05, 0.1) is 4.88 Å². The van der Waals surface area contributed by atoms with Crippen molar-refractivity contribution in [3.05, 3.63) is 57.7 Å². The van der Waals surface area contributed by atoms with Gasteiger partial charge in [0.2, 0.25) is 5.95 Å². The van der Waals surface area contributed by atoms with Gasteiger partial charge in [-0.15, -0.1) is 21.5 Å². The van der Waals surface area contributed by atoms with E-state index in [2.05, 4.69) is 37.5 Å². The molecule has 3 heterocycles. The molecule has 1 aliphatic rings. The zero-order chi connectivity index (χ0) is 17.1. The molecule has 0 radical (unpaired) electrons. The van der Waals surface area contributed by atoms with Crippen LogP contribution in [0.15, 0.2) is 46.6 Å². The second-order valence-corrected chi connectivity index (χ2v) is 7.08. The quantitative estimate of drug-likeness (QED) is 0.737. The van der Waals surface area contributed by atoms with Crippen LogP contribution < -0.4 is 10.9 Å². The predicted octanol–water partition coefficient (Wildman–Crippen LogP) is 3.23. The molecule has 4 rings (SSSR count). The number of hydrogen-bond donors (Lipinski definition) is 2. The Labute approximate surface area is 149 Å². The molecule has 0 spiro atoms. The van der Waals surface area contributed by atoms with Crippen LogP contribution in [0, 0.1) is 0 Å². The minimum atomic E-state index is -0.245. The second kappa shape index (κ2) is 7.16. The number of anilines is 2. The molecule has 0 bridgehead atoms. The van der Waals surface area contributed by atoms with Crippen LogP contribution in [0.1, 0.15) is 18.4 Å². The van der Waals surface area contributed by atoms with E-state index in [1.165, 1.54) is 42.8 Å². The third-order valence-corrected chi connectivity index (χ3v) is 5.15. The molecule has 6 nitrogen and oxygen atoms in total. The topological polar surface area (TPSA) is 73.9 Å². The predicted molar refractivity (Wildman–Crippen MR) is 100 cm³/mol. The number of benzene rings is 1. The van der Waals surface area contributed by atoms with Crippen LogP contribution in [0.25, 0.3) is 10.6 Å². The number of rotatable bonds is 5. The van der Waals surface area contributed by atoms with E-state index in [4.69, 9.17) is 0 Å². The summed E-state index contributed by atoms with van der Waals surface area (Å²) in [6, 6.07) is 11.9. The number of likely N-dealkylation sites (tertiary alicyclic amines) is 1. The molecule has 25 heavy (non-hydrogen) atoms. The minimum absolute atomic E-state index is 0.245. The van der Waals surface area contributed by atoms with Gasteiger partial charge in [-0.2, -0.15) is 0 Å². The molecular formula is C18H19N5OS. The van der Waals surface area contributed by atoms with E-state index in [9.17, 15) is 4.79 Å². The summed E-state index contributed by atoms with van der Waals surface area (Å²) in [4.78, 5) is 18.2. The fourth-order valence-electron chi connectivity index (χ4n) is 3.00. The third-order valence-electron chi connectivity index (χ3n) is 4.27. The Balaban J connectivity index is 1.45. The van der Waals surface area contributed by atoms with E-state index in [1.54, 1.807) is 0 Å². The number of hydrogen-bond acceptors (Lipinski definition) is 6. The van der Waals surface area contributed by atoms with Crippen LogP contribution in [0.3, 0.4) is 0 Å². The molecule has 0 atom stereocenters. The Morgan fingerprint density at radius 1 is 1.12 bits per heavy atom. The van der Waals surface area contributed by atoms with Crippen molar-refractivity contribution in [2.24, 2.45) is 0 Å². The van der Waals surface area contributed by atoms with Gasteiger partial charge in [0.25, 0.3) is 5.56 Å². The standard InChI is InChI=1S/C18H19N5OS/c24-17-16(15-4-3-11-25-15)21-22-18(20-17)19-14-7-5-13(6-8-14)12-23-9-1-2-10-23/h3-8,11H,1-2,9-10,12H2,(H2,19,20,22,24). The zero-order valence-electron chi connectivity index (χ0n) is 13.7. The van der Waals surface area contributed by atoms with E-state index in [0.29, 0.717) is 11.6 Å². The number of aromatic nitrogens is 3. The molecule has 2 aromatic heterocycles. The Kier molecular flexibility index (Phi) is 4.58. The molecule has 2 N–H and O–H groups in total. The van der Waals surface area contributed by atoms with E-state index in [0.717, 1.165) is 17.1 Å². The smallest absolute Gasteiger partial charge is 0.280 e. The highest BCUT2D eigenvalue weighted by Crippen LogP contribution is 2.20. The Morgan fingerprint density at radius 2 is 1.92 bits per heavy atom. The summed E-state index contributed by atoms with van der Waals surface area (Å²) in [5.41, 5.74) is 2.27. The molecule has 3 aromatic rings. The minimum Gasteiger partial charge on any atom is -0.324 e. The number of nitrogens with zero attached hydrogens (tertiary/aromatic N) is 3. The highest BCUT2D eigenvalue weighted by Gasteiger charge is 2.12. The lowest BCUT2D eigenvalue weighted by Crippen LogP contribution is -2.18. The van der Waals surface area contributed by atoms with Gasteiger partial charge in [-0.1, -0.05) is 18.2 Å². The maximum atomic E-state index is 12.2. The summed E-state index contributed by atoms with van der Waals surface area (Å²) >= 11 is 1.47. The van der Waals surface area contributed by atoms with Crippen LogP contribution in [0.4, 0.5) is 11.6 Å². The van der Waals surface area contributed by atoms with E-state index < -0.39 is 0 Å². The van der Waals surface area contributed by atoms with Crippen LogP contribution in [0.5, 0.6) is 0 Å². The van der Waals surface area contributed by atoms with Crippen molar-refractivity contribution in [2.45, 2.75) is 19.4 Å². The molecule has 7 heteroatoms. The van der Waals surface area contributed by atoms with Gasteiger partial charge >= 0.3 is 0 Å². The maximum Gasteiger partial charge on any atom is 0.280 e.